The van der Waals surface area contributed by atoms with E-state index in [9.17, 15) is 20.3 Å². The van der Waals surface area contributed by atoms with Crippen LogP contribution in [-0.2, 0) is 37.1 Å². The number of fused-ring (bicyclic) bond motifs is 2. The summed E-state index contributed by atoms with van der Waals surface area (Å²) in [6, 6.07) is 24.4. The molecule has 0 saturated carbocycles. The number of aryl methyl sites for hydroxylation is 1. The third-order valence-electron chi connectivity index (χ3n) is 10.3. The van der Waals surface area contributed by atoms with Crippen molar-refractivity contribution in [3.05, 3.63) is 128 Å². The second-order valence-electron chi connectivity index (χ2n) is 14.1. The van der Waals surface area contributed by atoms with Crippen molar-refractivity contribution in [2.24, 2.45) is 11.1 Å². The van der Waals surface area contributed by atoms with Gasteiger partial charge in [0.1, 0.15) is 23.8 Å². The average Bonchev–Trinajstić information content (AvgIpc) is 3.76. The molecular weight excluding hydrogens is 711 g/mol. The summed E-state index contributed by atoms with van der Waals surface area (Å²) in [6.45, 7) is 1.00. The third-order valence-corrected chi connectivity index (χ3v) is 11.0. The topological polar surface area (TPSA) is 152 Å². The van der Waals surface area contributed by atoms with Gasteiger partial charge in [-0.2, -0.15) is 10.2 Å². The molecular formula is C42H38Cl2N4O5. The molecule has 2 aliphatic carbocycles. The van der Waals surface area contributed by atoms with Gasteiger partial charge in [-0.05, 0) is 91.0 Å². The number of aromatic nitrogens is 2. The Labute approximate surface area is 318 Å². The average molecular weight is 750 g/mol. The van der Waals surface area contributed by atoms with E-state index >= 15 is 0 Å². The lowest BCUT2D eigenvalue weighted by Gasteiger charge is -2.23. The maximum absolute atomic E-state index is 11.9. The van der Waals surface area contributed by atoms with Crippen LogP contribution in [0.3, 0.4) is 0 Å². The molecule has 3 aromatic carbocycles. The number of halogens is 2. The summed E-state index contributed by atoms with van der Waals surface area (Å²) in [7, 11) is 0. The van der Waals surface area contributed by atoms with Crippen molar-refractivity contribution in [2.75, 3.05) is 6.61 Å². The third kappa shape index (κ3) is 7.46. The van der Waals surface area contributed by atoms with Crippen LogP contribution in [0, 0.1) is 16.7 Å². The van der Waals surface area contributed by atoms with Crippen molar-refractivity contribution < 1.29 is 24.5 Å². The number of rotatable bonds is 12. The van der Waals surface area contributed by atoms with Crippen LogP contribution >= 0.6 is 23.2 Å². The molecule has 270 valence electrons. The van der Waals surface area contributed by atoms with E-state index in [1.807, 2.05) is 18.2 Å². The summed E-state index contributed by atoms with van der Waals surface area (Å²) in [5.74, 6) is -0.722. The molecule has 0 unspecified atom stereocenters. The Balaban J connectivity index is 1.17. The van der Waals surface area contributed by atoms with Crippen molar-refractivity contribution >= 4 is 29.2 Å². The number of pyridine rings is 2. The predicted octanol–water partition coefficient (Wildman–Crippen LogP) is 8.08. The molecule has 0 spiro atoms. The lowest BCUT2D eigenvalue weighted by Crippen LogP contribution is -2.32. The fourth-order valence-corrected chi connectivity index (χ4v) is 7.79. The molecule has 2 aromatic heterocycles. The number of aliphatic hydroxyl groups is 1. The monoisotopic (exact) mass is 748 g/mol. The Bertz CT molecular complexity index is 2260. The number of nitrogens with two attached hydrogens (primary N) is 1. The molecule has 0 fully saturated rings. The highest BCUT2D eigenvalue weighted by Gasteiger charge is 2.33. The molecule has 0 amide bonds. The zero-order valence-corrected chi connectivity index (χ0v) is 30.6. The number of benzene rings is 3. The van der Waals surface area contributed by atoms with Gasteiger partial charge in [0.25, 0.3) is 0 Å². The van der Waals surface area contributed by atoms with Gasteiger partial charge in [-0.25, -0.2) is 0 Å². The minimum Gasteiger partial charge on any atom is -0.481 e. The number of carbonyl (C=O) groups is 1. The lowest BCUT2D eigenvalue weighted by atomic mass is 9.85. The number of aliphatic carboxylic acids is 1. The molecule has 0 aliphatic heterocycles. The number of aliphatic hydroxyl groups excluding tert-OH is 1. The zero-order valence-electron chi connectivity index (χ0n) is 29.1. The van der Waals surface area contributed by atoms with Crippen molar-refractivity contribution in [1.29, 1.82) is 5.26 Å². The summed E-state index contributed by atoms with van der Waals surface area (Å²) in [4.78, 5) is 20.7. The number of carboxylic acid groups (broad SMARTS) is 1. The first-order valence-electron chi connectivity index (χ1n) is 17.5. The second kappa shape index (κ2) is 15.2. The van der Waals surface area contributed by atoms with Gasteiger partial charge in [-0.3, -0.25) is 9.78 Å². The Morgan fingerprint density at radius 2 is 1.79 bits per heavy atom. The first kappa shape index (κ1) is 36.4. The van der Waals surface area contributed by atoms with E-state index in [-0.39, 0.29) is 48.4 Å². The van der Waals surface area contributed by atoms with E-state index in [2.05, 4.69) is 47.5 Å². The van der Waals surface area contributed by atoms with E-state index in [4.69, 9.17) is 43.4 Å². The van der Waals surface area contributed by atoms with Gasteiger partial charge < -0.3 is 25.4 Å². The second-order valence-corrected chi connectivity index (χ2v) is 14.9. The van der Waals surface area contributed by atoms with Gasteiger partial charge in [0, 0.05) is 40.7 Å². The van der Waals surface area contributed by atoms with Crippen LogP contribution < -0.4 is 15.2 Å². The van der Waals surface area contributed by atoms with Crippen LogP contribution in [0.4, 0.5) is 0 Å². The quantitative estimate of drug-likeness (QED) is 0.115. The van der Waals surface area contributed by atoms with E-state index in [1.54, 1.807) is 18.3 Å². The number of hydrogen-bond acceptors (Lipinski definition) is 8. The summed E-state index contributed by atoms with van der Waals surface area (Å²) in [6.07, 6.45) is 6.24. The fourth-order valence-electron chi connectivity index (χ4n) is 7.23. The largest absolute Gasteiger partial charge is 0.481 e. The van der Waals surface area contributed by atoms with E-state index in [0.29, 0.717) is 28.1 Å². The molecule has 4 N–H and O–H groups in total. The number of carboxylic acids is 1. The summed E-state index contributed by atoms with van der Waals surface area (Å²) >= 11 is 14.0. The molecule has 9 nitrogen and oxygen atoms in total. The zero-order chi connectivity index (χ0) is 37.3. The molecule has 7 rings (SSSR count). The minimum absolute atomic E-state index is 0.0498. The smallest absolute Gasteiger partial charge is 0.311 e. The van der Waals surface area contributed by atoms with E-state index < -0.39 is 18.0 Å². The number of ether oxygens (including phenoxy) is 2. The van der Waals surface area contributed by atoms with Crippen molar-refractivity contribution in [3.63, 3.8) is 0 Å². The maximum Gasteiger partial charge on any atom is 0.311 e. The first-order valence-corrected chi connectivity index (χ1v) is 18.3. The van der Waals surface area contributed by atoms with Crippen LogP contribution in [0.25, 0.3) is 22.3 Å². The van der Waals surface area contributed by atoms with Gasteiger partial charge in [0.15, 0.2) is 0 Å². The standard InChI is InChI=1S/C42H38Cl2N4O5/c1-42(23-49,41(50)51)13-12-28-18-36(43)40(48-39(28)52-22-25-14-24(19-45)20-47-21-25)53-37-11-10-33-32(5-3-6-34(33)37)35-7-2-4-31(38(35)44)27-9-8-26-16-30(46)17-29(26)15-27/h2-9,14-15,18,20-21,30,37,49H,10-13,16-17,22-23,46H2,1H3,(H,50,51)/t30-,37+,42+/m1/s1. The molecule has 3 atom stereocenters. The lowest BCUT2D eigenvalue weighted by molar-refractivity contribution is -0.150. The SMILES string of the molecule is C[C@@](CO)(CCc1cc(Cl)c(O[C@H]2CCc3c(-c4cccc(-c5ccc6c(c5)C[C@H](N)C6)c4Cl)cccc32)nc1OCc1cncc(C#N)c1)C(=O)O. The molecule has 53 heavy (non-hydrogen) atoms. The molecule has 2 heterocycles. The number of nitrogens with zero attached hydrogens (tertiary/aromatic N) is 3. The number of nitriles is 1. The van der Waals surface area contributed by atoms with Crippen molar-refractivity contribution in [1.82, 2.24) is 9.97 Å². The molecule has 0 saturated heterocycles. The van der Waals surface area contributed by atoms with Crippen LogP contribution in [-0.4, -0.2) is 38.8 Å². The highest BCUT2D eigenvalue weighted by molar-refractivity contribution is 6.36. The molecule has 2 aliphatic rings. The Morgan fingerprint density at radius 3 is 2.58 bits per heavy atom. The fraction of sp³-hybridized carbons (Fsp3) is 0.286. The van der Waals surface area contributed by atoms with Crippen LogP contribution in [0.1, 0.15) is 64.8 Å². The Kier molecular flexibility index (Phi) is 10.4. The van der Waals surface area contributed by atoms with Crippen LogP contribution in [0.2, 0.25) is 10.0 Å². The van der Waals surface area contributed by atoms with Gasteiger partial charge in [-0.1, -0.05) is 77.8 Å². The maximum atomic E-state index is 11.9. The summed E-state index contributed by atoms with van der Waals surface area (Å²) in [5, 5.41) is 29.8. The highest BCUT2D eigenvalue weighted by atomic mass is 35.5. The van der Waals surface area contributed by atoms with Gasteiger partial charge in [0.2, 0.25) is 11.8 Å². The highest BCUT2D eigenvalue weighted by Crippen LogP contribution is 2.45. The van der Waals surface area contributed by atoms with Crippen molar-refractivity contribution in [2.45, 2.75) is 64.2 Å². The van der Waals surface area contributed by atoms with Crippen molar-refractivity contribution in [3.8, 4) is 40.1 Å². The van der Waals surface area contributed by atoms with Gasteiger partial charge >= 0.3 is 5.97 Å². The molecule has 0 radical (unpaired) electrons. The normalized spacial score (nSPS) is 17.1. The van der Waals surface area contributed by atoms with E-state index in [1.165, 1.54) is 24.2 Å². The van der Waals surface area contributed by atoms with Gasteiger partial charge in [-0.15, -0.1) is 0 Å². The minimum atomic E-state index is -1.37. The summed E-state index contributed by atoms with van der Waals surface area (Å²) < 4.78 is 12.7. The van der Waals surface area contributed by atoms with E-state index in [0.717, 1.165) is 52.6 Å². The molecule has 0 bridgehead atoms. The van der Waals surface area contributed by atoms with Crippen LogP contribution in [0.5, 0.6) is 11.8 Å². The Morgan fingerprint density at radius 1 is 1.02 bits per heavy atom. The molecule has 11 heteroatoms. The van der Waals surface area contributed by atoms with Gasteiger partial charge in [0.05, 0.1) is 22.6 Å². The Hall–Kier alpha value is -4.98. The first-order chi connectivity index (χ1) is 25.6. The summed E-state index contributed by atoms with van der Waals surface area (Å²) in [5.41, 5.74) is 15.2. The predicted molar refractivity (Wildman–Crippen MR) is 203 cm³/mol. The molecule has 5 aromatic rings. The number of hydrogen-bond donors (Lipinski definition) is 3. The van der Waals surface area contributed by atoms with Crippen LogP contribution in [0.15, 0.2) is 79.1 Å².